The maximum atomic E-state index is 15.0. The summed E-state index contributed by atoms with van der Waals surface area (Å²) in [6.07, 6.45) is 1.45. The lowest BCUT2D eigenvalue weighted by Gasteiger charge is -2.22. The van der Waals surface area contributed by atoms with E-state index in [1.807, 2.05) is 6.07 Å². The van der Waals surface area contributed by atoms with E-state index in [0.29, 0.717) is 17.2 Å². The van der Waals surface area contributed by atoms with Crippen LogP contribution in [0.1, 0.15) is 56.9 Å². The highest BCUT2D eigenvalue weighted by Crippen LogP contribution is 2.67. The summed E-state index contributed by atoms with van der Waals surface area (Å²) in [6.45, 7) is -0.669. The molecule has 2 aromatic heterocycles. The predicted molar refractivity (Wildman–Crippen MR) is 141 cm³/mol. The van der Waals surface area contributed by atoms with Crippen LogP contribution in [0.25, 0.3) is 11.1 Å². The minimum absolute atomic E-state index is 0.148. The molecule has 0 spiro atoms. The smallest absolute Gasteiger partial charge is 0.293 e. The number of benzene rings is 2. The van der Waals surface area contributed by atoms with E-state index < -0.39 is 65.3 Å². The summed E-state index contributed by atoms with van der Waals surface area (Å²) in [5.41, 5.74) is 5.43. The Labute approximate surface area is 241 Å². The van der Waals surface area contributed by atoms with Gasteiger partial charge in [-0.15, -0.1) is 0 Å². The number of alkyl halides is 2. The van der Waals surface area contributed by atoms with Crippen molar-refractivity contribution in [2.24, 2.45) is 11.7 Å². The van der Waals surface area contributed by atoms with Crippen LogP contribution in [-0.4, -0.2) is 26.6 Å². The molecule has 0 bridgehead atoms. The van der Waals surface area contributed by atoms with Crippen LogP contribution in [0.4, 0.5) is 22.0 Å². The zero-order valence-corrected chi connectivity index (χ0v) is 22.1. The quantitative estimate of drug-likeness (QED) is 0.288. The fraction of sp³-hybridized carbons (Fsp3) is 0.233. The summed E-state index contributed by atoms with van der Waals surface area (Å²) in [5.74, 6) is -9.04. The van der Waals surface area contributed by atoms with Gasteiger partial charge < -0.3 is 11.1 Å². The molecular weight excluding hydrogens is 571 g/mol. The molecule has 6 rings (SSSR count). The number of nitrogens with two attached hydrogens (primary N) is 1. The van der Waals surface area contributed by atoms with E-state index in [1.165, 1.54) is 18.3 Å². The van der Waals surface area contributed by atoms with E-state index in [2.05, 4.69) is 15.4 Å². The third-order valence-electron chi connectivity index (χ3n) is 7.74. The summed E-state index contributed by atoms with van der Waals surface area (Å²) in [4.78, 5) is 29.5. The topological polar surface area (TPSA) is 127 Å². The van der Waals surface area contributed by atoms with Gasteiger partial charge in [-0.05, 0) is 60.2 Å². The Morgan fingerprint density at radius 2 is 1.88 bits per heavy atom. The van der Waals surface area contributed by atoms with Gasteiger partial charge in [0.05, 0.1) is 17.3 Å². The van der Waals surface area contributed by atoms with Gasteiger partial charge in [-0.2, -0.15) is 19.1 Å². The van der Waals surface area contributed by atoms with Crippen molar-refractivity contribution in [2.75, 3.05) is 0 Å². The lowest BCUT2D eigenvalue weighted by Crippen LogP contribution is -2.35. The number of nitrogens with one attached hydrogen (secondary N) is 1. The number of carbonyl (C=O) groups is 2. The zero-order valence-electron chi connectivity index (χ0n) is 22.1. The Bertz CT molecular complexity index is 1830. The van der Waals surface area contributed by atoms with E-state index in [0.717, 1.165) is 22.9 Å². The molecule has 4 aromatic rings. The summed E-state index contributed by atoms with van der Waals surface area (Å²) in [5, 5.41) is 16.1. The summed E-state index contributed by atoms with van der Waals surface area (Å²) >= 11 is 0. The maximum absolute atomic E-state index is 15.0. The van der Waals surface area contributed by atoms with E-state index >= 15 is 8.78 Å². The van der Waals surface area contributed by atoms with Gasteiger partial charge in [0.15, 0.2) is 5.69 Å². The average Bonchev–Trinajstić information content (AvgIpc) is 3.61. The van der Waals surface area contributed by atoms with Crippen LogP contribution < -0.4 is 11.1 Å². The molecule has 2 aliphatic carbocycles. The van der Waals surface area contributed by atoms with Crippen molar-refractivity contribution in [3.63, 3.8) is 0 Å². The molecule has 0 radical (unpaired) electrons. The summed E-state index contributed by atoms with van der Waals surface area (Å²) < 4.78 is 73.3. The van der Waals surface area contributed by atoms with Crippen LogP contribution in [-0.2, 0) is 23.7 Å². The molecule has 0 aliphatic heterocycles. The van der Waals surface area contributed by atoms with Gasteiger partial charge in [0.1, 0.15) is 35.8 Å². The second kappa shape index (κ2) is 10.3. The van der Waals surface area contributed by atoms with E-state index in [9.17, 15) is 28.0 Å². The predicted octanol–water partition coefficient (Wildman–Crippen LogP) is 4.64. The summed E-state index contributed by atoms with van der Waals surface area (Å²) in [7, 11) is 0. The molecule has 0 saturated heterocycles. The molecule has 2 amide bonds. The molecule has 8 nitrogen and oxygen atoms in total. The largest absolute Gasteiger partial charge is 0.366 e. The molecule has 3 atom stereocenters. The first-order chi connectivity index (χ1) is 20.5. The number of fused-ring (bicyclic) bond motifs is 3. The number of hydrogen-bond donors (Lipinski definition) is 2. The second-order valence-corrected chi connectivity index (χ2v) is 10.5. The number of amides is 2. The zero-order chi connectivity index (χ0) is 30.6. The molecular formula is C30H21F5N6O2. The van der Waals surface area contributed by atoms with Crippen LogP contribution >= 0.6 is 0 Å². The normalized spacial score (nSPS) is 18.3. The first kappa shape index (κ1) is 28.0. The van der Waals surface area contributed by atoms with Crippen molar-refractivity contribution in [3.05, 3.63) is 106 Å². The van der Waals surface area contributed by atoms with Crippen LogP contribution in [0.3, 0.4) is 0 Å². The number of nitriles is 1. The minimum Gasteiger partial charge on any atom is -0.366 e. The van der Waals surface area contributed by atoms with Crippen LogP contribution in [0.5, 0.6) is 0 Å². The number of hydrogen-bond acceptors (Lipinski definition) is 5. The molecule has 218 valence electrons. The molecule has 1 saturated carbocycles. The van der Waals surface area contributed by atoms with E-state index in [-0.39, 0.29) is 40.9 Å². The molecule has 3 N–H and O–H groups in total. The van der Waals surface area contributed by atoms with Crippen LogP contribution in [0.2, 0.25) is 0 Å². The molecule has 2 aliphatic rings. The van der Waals surface area contributed by atoms with E-state index in [1.54, 1.807) is 12.1 Å². The van der Waals surface area contributed by atoms with Gasteiger partial charge in [-0.25, -0.2) is 13.2 Å². The number of rotatable bonds is 8. The Balaban J connectivity index is 1.37. The van der Waals surface area contributed by atoms with Gasteiger partial charge in [0, 0.05) is 29.3 Å². The molecule has 2 unspecified atom stereocenters. The Morgan fingerprint density at radius 3 is 2.58 bits per heavy atom. The highest BCUT2D eigenvalue weighted by atomic mass is 19.3. The number of pyridine rings is 1. The highest BCUT2D eigenvalue weighted by Gasteiger charge is 2.66. The van der Waals surface area contributed by atoms with Crippen LogP contribution in [0.15, 0.2) is 54.7 Å². The Morgan fingerprint density at radius 1 is 1.14 bits per heavy atom. The second-order valence-electron chi connectivity index (χ2n) is 10.5. The lowest BCUT2D eigenvalue weighted by molar-refractivity contribution is -0.122. The highest BCUT2D eigenvalue weighted by molar-refractivity contribution is 5.94. The SMILES string of the molecule is N#Cc1nn(CC(=O)N[C@@H](Cc2cc(F)cc(F)c2)c2ncccc2-c2ccc(F)c(C(N)=O)c2)c2c1C1CC1C2(F)F. The van der Waals surface area contributed by atoms with Gasteiger partial charge in [0.25, 0.3) is 11.8 Å². The van der Waals surface area contributed by atoms with Crippen molar-refractivity contribution in [3.8, 4) is 17.2 Å². The molecule has 43 heavy (non-hydrogen) atoms. The monoisotopic (exact) mass is 592 g/mol. The number of nitrogens with zero attached hydrogens (tertiary/aromatic N) is 4. The maximum Gasteiger partial charge on any atom is 0.293 e. The van der Waals surface area contributed by atoms with Crippen molar-refractivity contribution >= 4 is 11.8 Å². The number of aromatic nitrogens is 3. The first-order valence-corrected chi connectivity index (χ1v) is 13.2. The Hall–Kier alpha value is -5.12. The lowest BCUT2D eigenvalue weighted by atomic mass is 9.94. The van der Waals surface area contributed by atoms with Crippen molar-refractivity contribution in [2.45, 2.75) is 37.3 Å². The van der Waals surface area contributed by atoms with Crippen molar-refractivity contribution < 1.29 is 31.5 Å². The standard InChI is InChI=1S/C30H21F5N6O2/c31-16-6-14(7-17(32)10-16)8-23(27-18(2-1-5-38-27)15-3-4-22(33)20(9-15)29(37)43)39-25(42)13-41-28-26(24(12-36)40-41)19-11-21(19)30(28,34)35/h1-7,9-10,19,21,23H,8,11,13H2,(H2,37,43)(H,39,42)/t19?,21?,23-/m0/s1. The number of halogens is 5. The summed E-state index contributed by atoms with van der Waals surface area (Å²) in [6, 6.07) is 10.3. The number of carbonyl (C=O) groups excluding carboxylic acids is 2. The first-order valence-electron chi connectivity index (χ1n) is 13.2. The molecule has 2 heterocycles. The van der Waals surface area contributed by atoms with E-state index in [4.69, 9.17) is 5.73 Å². The van der Waals surface area contributed by atoms with Crippen molar-refractivity contribution in [1.29, 1.82) is 5.26 Å². The fourth-order valence-corrected chi connectivity index (χ4v) is 5.84. The molecule has 2 aromatic carbocycles. The van der Waals surface area contributed by atoms with Gasteiger partial charge >= 0.3 is 0 Å². The average molecular weight is 593 g/mol. The van der Waals surface area contributed by atoms with Crippen molar-refractivity contribution in [1.82, 2.24) is 20.1 Å². The van der Waals surface area contributed by atoms with Gasteiger partial charge in [-0.3, -0.25) is 19.3 Å². The minimum atomic E-state index is -3.25. The fourth-order valence-electron chi connectivity index (χ4n) is 5.84. The van der Waals surface area contributed by atoms with Crippen LogP contribution in [0, 0.1) is 34.7 Å². The molecule has 1 fully saturated rings. The third-order valence-corrected chi connectivity index (χ3v) is 7.74. The number of primary amides is 1. The third kappa shape index (κ3) is 4.98. The van der Waals surface area contributed by atoms with Gasteiger partial charge in [-0.1, -0.05) is 12.1 Å². The van der Waals surface area contributed by atoms with Gasteiger partial charge in [0.2, 0.25) is 5.91 Å². The Kier molecular flexibility index (Phi) is 6.71. The molecule has 13 heteroatoms.